The number of anilines is 1. The van der Waals surface area contributed by atoms with E-state index >= 15 is 0 Å². The normalized spacial score (nSPS) is 19.8. The maximum Gasteiger partial charge on any atom is 0.174 e. The van der Waals surface area contributed by atoms with Crippen LogP contribution in [0.5, 0.6) is 0 Å². The lowest BCUT2D eigenvalue weighted by atomic mass is 9.89. The lowest BCUT2D eigenvalue weighted by molar-refractivity contribution is -0.0238. The van der Waals surface area contributed by atoms with Crippen molar-refractivity contribution in [1.82, 2.24) is 19.7 Å². The molecule has 27 heavy (non-hydrogen) atoms. The number of aryl methyl sites for hydroxylation is 2. The Balaban J connectivity index is 1.48. The van der Waals surface area contributed by atoms with Gasteiger partial charge in [0.15, 0.2) is 5.82 Å². The van der Waals surface area contributed by atoms with Gasteiger partial charge in [0.1, 0.15) is 5.82 Å². The predicted octanol–water partition coefficient (Wildman–Crippen LogP) is 3.86. The van der Waals surface area contributed by atoms with Gasteiger partial charge in [-0.3, -0.25) is 4.98 Å². The van der Waals surface area contributed by atoms with Crippen molar-refractivity contribution >= 4 is 5.82 Å². The van der Waals surface area contributed by atoms with Crippen LogP contribution >= 0.6 is 0 Å². The summed E-state index contributed by atoms with van der Waals surface area (Å²) in [6, 6.07) is 12.5. The minimum absolute atomic E-state index is 0.125. The summed E-state index contributed by atoms with van der Waals surface area (Å²) in [6.07, 6.45) is 5.85. The van der Waals surface area contributed by atoms with Crippen molar-refractivity contribution in [3.8, 4) is 5.82 Å². The molecule has 1 aromatic carbocycles. The number of benzene rings is 1. The standard InChI is InChI=1S/C21H25N5O/c1-15-11-16(2)26(25-15)20-14-22-13-19(24-20)23-12-18-9-6-10-27-21(18)17-7-4-3-5-8-17/h3-5,7-8,11,13-14,18,21H,6,9-10,12H2,1-2H3,(H,23,24). The molecule has 1 fully saturated rings. The first-order valence-corrected chi connectivity index (χ1v) is 9.47. The molecule has 2 unspecified atom stereocenters. The number of rotatable bonds is 5. The van der Waals surface area contributed by atoms with Crippen molar-refractivity contribution in [3.05, 3.63) is 65.7 Å². The Morgan fingerprint density at radius 3 is 2.81 bits per heavy atom. The van der Waals surface area contributed by atoms with E-state index < -0.39 is 0 Å². The molecule has 6 nitrogen and oxygen atoms in total. The van der Waals surface area contributed by atoms with E-state index in [1.807, 2.05) is 30.7 Å². The zero-order valence-electron chi connectivity index (χ0n) is 15.8. The summed E-state index contributed by atoms with van der Waals surface area (Å²) in [5.74, 6) is 1.89. The highest BCUT2D eigenvalue weighted by molar-refractivity contribution is 5.37. The Bertz CT molecular complexity index is 893. The molecule has 0 radical (unpaired) electrons. The molecule has 3 aromatic rings. The Morgan fingerprint density at radius 1 is 1.19 bits per heavy atom. The lowest BCUT2D eigenvalue weighted by Gasteiger charge is -2.32. The van der Waals surface area contributed by atoms with Gasteiger partial charge in [0.05, 0.1) is 24.2 Å². The van der Waals surface area contributed by atoms with Gasteiger partial charge in [-0.15, -0.1) is 0 Å². The van der Waals surface area contributed by atoms with E-state index in [2.05, 4.69) is 44.6 Å². The third-order valence-electron chi connectivity index (χ3n) is 4.97. The molecule has 2 atom stereocenters. The van der Waals surface area contributed by atoms with Gasteiger partial charge in [-0.05, 0) is 38.3 Å². The van der Waals surface area contributed by atoms with E-state index in [1.165, 1.54) is 5.56 Å². The van der Waals surface area contributed by atoms with Gasteiger partial charge in [0, 0.05) is 24.8 Å². The molecule has 0 aliphatic carbocycles. The van der Waals surface area contributed by atoms with Gasteiger partial charge in [-0.2, -0.15) is 5.10 Å². The number of hydrogen-bond acceptors (Lipinski definition) is 5. The van der Waals surface area contributed by atoms with Crippen molar-refractivity contribution in [3.63, 3.8) is 0 Å². The summed E-state index contributed by atoms with van der Waals surface area (Å²) < 4.78 is 7.91. The predicted molar refractivity (Wildman–Crippen MR) is 105 cm³/mol. The van der Waals surface area contributed by atoms with E-state index in [-0.39, 0.29) is 6.10 Å². The molecular formula is C21H25N5O. The average molecular weight is 363 g/mol. The summed E-state index contributed by atoms with van der Waals surface area (Å²) in [6.45, 7) is 5.62. The molecule has 1 aliphatic heterocycles. The third-order valence-corrected chi connectivity index (χ3v) is 4.97. The molecule has 0 amide bonds. The van der Waals surface area contributed by atoms with E-state index in [0.29, 0.717) is 5.92 Å². The minimum Gasteiger partial charge on any atom is -0.373 e. The molecule has 3 heterocycles. The Morgan fingerprint density at radius 2 is 2.04 bits per heavy atom. The second-order valence-corrected chi connectivity index (χ2v) is 7.09. The Kier molecular flexibility index (Phi) is 5.16. The molecule has 2 aromatic heterocycles. The largest absolute Gasteiger partial charge is 0.373 e. The smallest absolute Gasteiger partial charge is 0.174 e. The summed E-state index contributed by atoms with van der Waals surface area (Å²) in [7, 11) is 0. The van der Waals surface area contributed by atoms with Crippen LogP contribution in [0.25, 0.3) is 5.82 Å². The fourth-order valence-corrected chi connectivity index (χ4v) is 3.70. The average Bonchev–Trinajstić information content (AvgIpc) is 3.05. The fourth-order valence-electron chi connectivity index (χ4n) is 3.70. The van der Waals surface area contributed by atoms with Crippen LogP contribution < -0.4 is 5.32 Å². The Labute approximate surface area is 159 Å². The summed E-state index contributed by atoms with van der Waals surface area (Å²) in [5.41, 5.74) is 3.26. The Hall–Kier alpha value is -2.73. The molecule has 0 saturated carbocycles. The topological polar surface area (TPSA) is 64.9 Å². The SMILES string of the molecule is Cc1cc(C)n(-c2cncc(NCC3CCCOC3c3ccccc3)n2)n1. The third kappa shape index (κ3) is 4.01. The van der Waals surface area contributed by atoms with Gasteiger partial charge < -0.3 is 10.1 Å². The molecule has 0 bridgehead atoms. The molecule has 6 heteroatoms. The van der Waals surface area contributed by atoms with Crippen LogP contribution in [-0.2, 0) is 4.74 Å². The van der Waals surface area contributed by atoms with Crippen molar-refractivity contribution in [2.24, 2.45) is 5.92 Å². The van der Waals surface area contributed by atoms with Gasteiger partial charge in [-0.1, -0.05) is 30.3 Å². The number of nitrogens with zero attached hydrogens (tertiary/aromatic N) is 4. The zero-order valence-corrected chi connectivity index (χ0v) is 15.8. The van der Waals surface area contributed by atoms with E-state index in [0.717, 1.165) is 49.0 Å². The number of nitrogens with one attached hydrogen (secondary N) is 1. The van der Waals surface area contributed by atoms with Crippen LogP contribution in [0.1, 0.15) is 35.9 Å². The van der Waals surface area contributed by atoms with Crippen LogP contribution in [0.15, 0.2) is 48.8 Å². The summed E-state index contributed by atoms with van der Waals surface area (Å²) in [4.78, 5) is 9.02. The van der Waals surface area contributed by atoms with Gasteiger partial charge >= 0.3 is 0 Å². The van der Waals surface area contributed by atoms with Crippen LogP contribution in [0.3, 0.4) is 0 Å². The first kappa shape index (κ1) is 17.7. The first-order valence-electron chi connectivity index (χ1n) is 9.47. The quantitative estimate of drug-likeness (QED) is 0.746. The first-order chi connectivity index (χ1) is 13.2. The van der Waals surface area contributed by atoms with E-state index in [9.17, 15) is 0 Å². The van der Waals surface area contributed by atoms with Crippen LogP contribution in [0.4, 0.5) is 5.82 Å². The maximum absolute atomic E-state index is 6.09. The highest BCUT2D eigenvalue weighted by atomic mass is 16.5. The van der Waals surface area contributed by atoms with Crippen molar-refractivity contribution < 1.29 is 4.74 Å². The van der Waals surface area contributed by atoms with E-state index in [4.69, 9.17) is 4.74 Å². The number of hydrogen-bond donors (Lipinski definition) is 1. The highest BCUT2D eigenvalue weighted by Crippen LogP contribution is 2.33. The summed E-state index contributed by atoms with van der Waals surface area (Å²) >= 11 is 0. The molecule has 0 spiro atoms. The summed E-state index contributed by atoms with van der Waals surface area (Å²) in [5, 5.41) is 7.95. The minimum atomic E-state index is 0.125. The van der Waals surface area contributed by atoms with Crippen molar-refractivity contribution in [1.29, 1.82) is 0 Å². The molecule has 1 aliphatic rings. The molecule has 140 valence electrons. The van der Waals surface area contributed by atoms with Crippen LogP contribution in [-0.4, -0.2) is 32.9 Å². The van der Waals surface area contributed by atoms with Gasteiger partial charge in [0.25, 0.3) is 0 Å². The second-order valence-electron chi connectivity index (χ2n) is 7.09. The molecule has 4 rings (SSSR count). The van der Waals surface area contributed by atoms with Crippen molar-refractivity contribution in [2.75, 3.05) is 18.5 Å². The van der Waals surface area contributed by atoms with E-state index in [1.54, 1.807) is 12.4 Å². The second kappa shape index (κ2) is 7.88. The molecule has 1 saturated heterocycles. The van der Waals surface area contributed by atoms with Gasteiger partial charge in [0.2, 0.25) is 0 Å². The van der Waals surface area contributed by atoms with Crippen molar-refractivity contribution in [2.45, 2.75) is 32.8 Å². The van der Waals surface area contributed by atoms with Crippen LogP contribution in [0, 0.1) is 19.8 Å². The number of aromatic nitrogens is 4. The number of ether oxygens (including phenoxy) is 1. The molecular weight excluding hydrogens is 338 g/mol. The highest BCUT2D eigenvalue weighted by Gasteiger charge is 2.27. The van der Waals surface area contributed by atoms with Gasteiger partial charge in [-0.25, -0.2) is 9.67 Å². The molecule has 1 N–H and O–H groups in total. The zero-order chi connectivity index (χ0) is 18.6. The van der Waals surface area contributed by atoms with Crippen LogP contribution in [0.2, 0.25) is 0 Å². The monoisotopic (exact) mass is 363 g/mol. The lowest BCUT2D eigenvalue weighted by Crippen LogP contribution is -2.28. The maximum atomic E-state index is 6.09. The fraction of sp³-hybridized carbons (Fsp3) is 0.381.